The van der Waals surface area contributed by atoms with Crippen LogP contribution >= 0.6 is 0 Å². The minimum atomic E-state index is 0.994. The van der Waals surface area contributed by atoms with Crippen LogP contribution in [0.3, 0.4) is 0 Å². The molecule has 3 atom stereocenters. The maximum atomic E-state index is 3.49. The first-order valence-electron chi connectivity index (χ1n) is 4.58. The molecule has 10 heavy (non-hydrogen) atoms. The Bertz CT molecular complexity index is 122. The van der Waals surface area contributed by atoms with E-state index in [0.29, 0.717) is 0 Å². The van der Waals surface area contributed by atoms with Gasteiger partial charge in [-0.2, -0.15) is 0 Å². The molecule has 0 radical (unpaired) electrons. The molecule has 0 aromatic rings. The monoisotopic (exact) mass is 139 g/mol. The zero-order chi connectivity index (χ0) is 6.97. The normalized spacial score (nSPS) is 47.1. The van der Waals surface area contributed by atoms with E-state index in [9.17, 15) is 0 Å². The summed E-state index contributed by atoms with van der Waals surface area (Å²) < 4.78 is 0. The van der Waals surface area contributed by atoms with Crippen molar-refractivity contribution in [2.75, 3.05) is 13.1 Å². The quantitative estimate of drug-likeness (QED) is 0.538. The largest absolute Gasteiger partial charge is 0.316 e. The Hall–Kier alpha value is -0.0400. The standard InChI is InChI=1S/C9H17N/c1-7-3-2-4-8-5-10-6-9(7)8/h7-10H,2-6H2,1H3/t7-,8-,9-/m1/s1. The van der Waals surface area contributed by atoms with Gasteiger partial charge in [0.15, 0.2) is 0 Å². The molecule has 2 aliphatic rings. The second-order valence-corrected chi connectivity index (χ2v) is 3.99. The van der Waals surface area contributed by atoms with Crippen molar-refractivity contribution < 1.29 is 0 Å². The minimum Gasteiger partial charge on any atom is -0.316 e. The fraction of sp³-hybridized carbons (Fsp3) is 1.00. The lowest BCUT2D eigenvalue weighted by atomic mass is 9.75. The number of hydrogen-bond acceptors (Lipinski definition) is 1. The molecule has 1 saturated carbocycles. The zero-order valence-electron chi connectivity index (χ0n) is 6.77. The van der Waals surface area contributed by atoms with Crippen molar-refractivity contribution in [3.8, 4) is 0 Å². The molecule has 2 fully saturated rings. The molecule has 1 heteroatoms. The van der Waals surface area contributed by atoms with Gasteiger partial charge in [-0.1, -0.05) is 19.8 Å². The number of rotatable bonds is 0. The van der Waals surface area contributed by atoms with Gasteiger partial charge in [-0.15, -0.1) is 0 Å². The Kier molecular flexibility index (Phi) is 1.69. The van der Waals surface area contributed by atoms with Crippen LogP contribution in [0.1, 0.15) is 26.2 Å². The highest BCUT2D eigenvalue weighted by molar-refractivity contribution is 4.87. The fourth-order valence-corrected chi connectivity index (χ4v) is 2.65. The third kappa shape index (κ3) is 0.968. The predicted molar refractivity (Wildman–Crippen MR) is 42.9 cm³/mol. The molecular weight excluding hydrogens is 122 g/mol. The van der Waals surface area contributed by atoms with Gasteiger partial charge in [0.2, 0.25) is 0 Å². The van der Waals surface area contributed by atoms with Crippen molar-refractivity contribution in [2.45, 2.75) is 26.2 Å². The highest BCUT2D eigenvalue weighted by Gasteiger charge is 2.33. The molecule has 1 saturated heterocycles. The summed E-state index contributed by atoms with van der Waals surface area (Å²) >= 11 is 0. The van der Waals surface area contributed by atoms with Crippen molar-refractivity contribution >= 4 is 0 Å². The molecule has 2 rings (SSSR count). The van der Waals surface area contributed by atoms with E-state index >= 15 is 0 Å². The van der Waals surface area contributed by atoms with E-state index in [1.807, 2.05) is 0 Å². The van der Waals surface area contributed by atoms with Crippen LogP contribution in [-0.2, 0) is 0 Å². The van der Waals surface area contributed by atoms with Gasteiger partial charge in [0, 0.05) is 0 Å². The van der Waals surface area contributed by atoms with Gasteiger partial charge in [-0.25, -0.2) is 0 Å². The summed E-state index contributed by atoms with van der Waals surface area (Å²) in [5, 5.41) is 3.49. The summed E-state index contributed by atoms with van der Waals surface area (Å²) in [7, 11) is 0. The van der Waals surface area contributed by atoms with E-state index in [2.05, 4.69) is 12.2 Å². The molecule has 0 bridgehead atoms. The van der Waals surface area contributed by atoms with E-state index in [1.54, 1.807) is 0 Å². The van der Waals surface area contributed by atoms with Gasteiger partial charge >= 0.3 is 0 Å². The zero-order valence-corrected chi connectivity index (χ0v) is 6.77. The van der Waals surface area contributed by atoms with Crippen LogP contribution in [-0.4, -0.2) is 13.1 Å². The maximum Gasteiger partial charge on any atom is -0.00147 e. The molecule has 1 aliphatic heterocycles. The van der Waals surface area contributed by atoms with Crippen LogP contribution in [0.2, 0.25) is 0 Å². The number of fused-ring (bicyclic) bond motifs is 1. The average Bonchev–Trinajstić information content (AvgIpc) is 2.36. The van der Waals surface area contributed by atoms with Crippen LogP contribution in [0.4, 0.5) is 0 Å². The summed E-state index contributed by atoms with van der Waals surface area (Å²) in [4.78, 5) is 0. The van der Waals surface area contributed by atoms with Crippen LogP contribution < -0.4 is 5.32 Å². The van der Waals surface area contributed by atoms with Crippen molar-refractivity contribution in [1.82, 2.24) is 5.32 Å². The van der Waals surface area contributed by atoms with Crippen molar-refractivity contribution in [3.63, 3.8) is 0 Å². The first-order chi connectivity index (χ1) is 4.88. The third-order valence-electron chi connectivity index (χ3n) is 3.36. The van der Waals surface area contributed by atoms with E-state index in [1.165, 1.54) is 32.4 Å². The molecule has 1 aliphatic carbocycles. The van der Waals surface area contributed by atoms with Gasteiger partial charge in [-0.3, -0.25) is 0 Å². The second kappa shape index (κ2) is 2.54. The lowest BCUT2D eigenvalue weighted by Gasteiger charge is -2.30. The number of nitrogens with one attached hydrogen (secondary N) is 1. The Morgan fingerprint density at radius 3 is 2.90 bits per heavy atom. The lowest BCUT2D eigenvalue weighted by Crippen LogP contribution is -2.24. The molecule has 1 N–H and O–H groups in total. The van der Waals surface area contributed by atoms with Gasteiger partial charge in [0.1, 0.15) is 0 Å². The molecule has 0 aromatic heterocycles. The molecule has 0 spiro atoms. The van der Waals surface area contributed by atoms with Crippen LogP contribution in [0.25, 0.3) is 0 Å². The van der Waals surface area contributed by atoms with E-state index < -0.39 is 0 Å². The highest BCUT2D eigenvalue weighted by Crippen LogP contribution is 2.36. The summed E-state index contributed by atoms with van der Waals surface area (Å²) in [6, 6.07) is 0. The van der Waals surface area contributed by atoms with E-state index in [0.717, 1.165) is 17.8 Å². The Balaban J connectivity index is 2.03. The first kappa shape index (κ1) is 6.66. The van der Waals surface area contributed by atoms with Crippen molar-refractivity contribution in [3.05, 3.63) is 0 Å². The Morgan fingerprint density at radius 1 is 1.20 bits per heavy atom. The van der Waals surface area contributed by atoms with Gasteiger partial charge in [0.25, 0.3) is 0 Å². The summed E-state index contributed by atoms with van der Waals surface area (Å²) in [6.07, 6.45) is 4.44. The maximum absolute atomic E-state index is 3.49. The van der Waals surface area contributed by atoms with E-state index in [-0.39, 0.29) is 0 Å². The first-order valence-corrected chi connectivity index (χ1v) is 4.58. The smallest absolute Gasteiger partial charge is 0.00147 e. The fourth-order valence-electron chi connectivity index (χ4n) is 2.65. The molecule has 0 unspecified atom stereocenters. The second-order valence-electron chi connectivity index (χ2n) is 3.99. The molecular formula is C9H17N. The average molecular weight is 139 g/mol. The predicted octanol–water partition coefficient (Wildman–Crippen LogP) is 1.64. The van der Waals surface area contributed by atoms with E-state index in [4.69, 9.17) is 0 Å². The SMILES string of the molecule is C[C@@H]1CCC[C@@H]2CNC[C@@H]21. The minimum absolute atomic E-state index is 0.994. The van der Waals surface area contributed by atoms with Crippen LogP contribution in [0.5, 0.6) is 0 Å². The van der Waals surface area contributed by atoms with Crippen LogP contribution in [0, 0.1) is 17.8 Å². The van der Waals surface area contributed by atoms with Crippen LogP contribution in [0.15, 0.2) is 0 Å². The van der Waals surface area contributed by atoms with Crippen molar-refractivity contribution in [2.24, 2.45) is 17.8 Å². The lowest BCUT2D eigenvalue weighted by molar-refractivity contribution is 0.215. The Labute approximate surface area is 63.2 Å². The summed E-state index contributed by atoms with van der Waals surface area (Å²) in [5.41, 5.74) is 0. The molecule has 0 amide bonds. The van der Waals surface area contributed by atoms with Crippen molar-refractivity contribution in [1.29, 1.82) is 0 Å². The topological polar surface area (TPSA) is 12.0 Å². The highest BCUT2D eigenvalue weighted by atomic mass is 14.9. The molecule has 1 nitrogen and oxygen atoms in total. The summed E-state index contributed by atoms with van der Waals surface area (Å²) in [6.45, 7) is 5.02. The molecule has 0 aromatic carbocycles. The Morgan fingerprint density at radius 2 is 2.10 bits per heavy atom. The molecule has 1 heterocycles. The van der Waals surface area contributed by atoms with Gasteiger partial charge in [-0.05, 0) is 37.3 Å². The molecule has 58 valence electrons. The number of hydrogen-bond donors (Lipinski definition) is 1. The van der Waals surface area contributed by atoms with Gasteiger partial charge < -0.3 is 5.32 Å². The van der Waals surface area contributed by atoms with Gasteiger partial charge in [0.05, 0.1) is 0 Å². The summed E-state index contributed by atoms with van der Waals surface area (Å²) in [5.74, 6) is 3.05. The third-order valence-corrected chi connectivity index (χ3v) is 3.36.